The number of ether oxygens (including phenoxy) is 1. The lowest BCUT2D eigenvalue weighted by molar-refractivity contribution is 0.0544. The first-order valence-electron chi connectivity index (χ1n) is 13.2. The zero-order chi connectivity index (χ0) is 27.9. The van der Waals surface area contributed by atoms with Crippen LogP contribution in [0.25, 0.3) is 38.9 Å². The summed E-state index contributed by atoms with van der Waals surface area (Å²) in [6, 6.07) is 26.3. The molecule has 0 aliphatic heterocycles. The van der Waals surface area contributed by atoms with Crippen LogP contribution in [0.2, 0.25) is 0 Å². The molecule has 8 heteroatoms. The fourth-order valence-corrected chi connectivity index (χ4v) is 4.74. The summed E-state index contributed by atoms with van der Waals surface area (Å²) in [6.45, 7) is 7.67. The second-order valence-corrected chi connectivity index (χ2v) is 10.8. The van der Waals surface area contributed by atoms with E-state index < -0.39 is 5.60 Å². The van der Waals surface area contributed by atoms with Crippen LogP contribution in [-0.2, 0) is 4.74 Å². The van der Waals surface area contributed by atoms with Crippen LogP contribution >= 0.6 is 0 Å². The molecule has 1 N–H and O–H groups in total. The second kappa shape index (κ2) is 9.96. The van der Waals surface area contributed by atoms with Crippen LogP contribution < -0.4 is 5.32 Å². The average molecular weight is 531 g/mol. The Morgan fingerprint density at radius 2 is 1.65 bits per heavy atom. The Morgan fingerprint density at radius 1 is 0.900 bits per heavy atom. The fourth-order valence-electron chi connectivity index (χ4n) is 4.74. The van der Waals surface area contributed by atoms with Crippen LogP contribution in [0.5, 0.6) is 0 Å². The third-order valence-corrected chi connectivity index (χ3v) is 6.69. The van der Waals surface area contributed by atoms with Crippen LogP contribution in [0, 0.1) is 0 Å². The number of aromatic nitrogens is 5. The van der Waals surface area contributed by atoms with Crippen molar-refractivity contribution in [3.05, 3.63) is 103 Å². The lowest BCUT2D eigenvalue weighted by Gasteiger charge is -2.19. The first-order chi connectivity index (χ1) is 19.2. The number of carbonyl (C=O) groups is 1. The highest BCUT2D eigenvalue weighted by atomic mass is 16.6. The summed E-state index contributed by atoms with van der Waals surface area (Å²) in [7, 11) is 0. The van der Waals surface area contributed by atoms with Crippen molar-refractivity contribution in [2.24, 2.45) is 0 Å². The maximum atomic E-state index is 12.6. The lowest BCUT2D eigenvalue weighted by atomic mass is 10.0. The van der Waals surface area contributed by atoms with Crippen molar-refractivity contribution in [3.8, 4) is 16.9 Å². The Hall–Kier alpha value is -4.98. The Bertz CT molecular complexity index is 1830. The van der Waals surface area contributed by atoms with Gasteiger partial charge >= 0.3 is 6.09 Å². The van der Waals surface area contributed by atoms with Gasteiger partial charge in [0.15, 0.2) is 0 Å². The summed E-state index contributed by atoms with van der Waals surface area (Å²) in [5, 5.41) is 4.34. The second-order valence-electron chi connectivity index (χ2n) is 10.8. The zero-order valence-corrected chi connectivity index (χ0v) is 22.9. The lowest BCUT2D eigenvalue weighted by Crippen LogP contribution is -2.26. The quantitative estimate of drug-likeness (QED) is 0.250. The van der Waals surface area contributed by atoms with E-state index in [0.717, 1.165) is 44.4 Å². The Morgan fingerprint density at radius 3 is 2.42 bits per heavy atom. The van der Waals surface area contributed by atoms with Crippen LogP contribution in [0.3, 0.4) is 0 Å². The number of nitrogens with zero attached hydrogens (tertiary/aromatic N) is 5. The van der Waals surface area contributed by atoms with Gasteiger partial charge in [0.05, 0.1) is 22.6 Å². The Labute approximate surface area is 232 Å². The molecule has 0 saturated carbocycles. The molecular formula is C32H30N6O2. The maximum Gasteiger partial charge on any atom is 0.418 e. The third kappa shape index (κ3) is 5.03. The van der Waals surface area contributed by atoms with Gasteiger partial charge in [0.1, 0.15) is 17.7 Å². The van der Waals surface area contributed by atoms with E-state index in [-0.39, 0.29) is 12.1 Å². The largest absolute Gasteiger partial charge is 0.443 e. The molecule has 6 aromatic rings. The highest BCUT2D eigenvalue weighted by molar-refractivity contribution is 5.93. The summed E-state index contributed by atoms with van der Waals surface area (Å²) >= 11 is 0. The molecule has 0 aliphatic carbocycles. The van der Waals surface area contributed by atoms with E-state index in [1.165, 1.54) is 0 Å². The highest BCUT2D eigenvalue weighted by Crippen LogP contribution is 2.29. The van der Waals surface area contributed by atoms with Crippen molar-refractivity contribution in [2.45, 2.75) is 39.3 Å². The zero-order valence-electron chi connectivity index (χ0n) is 22.9. The van der Waals surface area contributed by atoms with E-state index in [9.17, 15) is 4.79 Å². The molecular weight excluding hydrogens is 500 g/mol. The minimum absolute atomic E-state index is 0.0666. The van der Waals surface area contributed by atoms with E-state index in [1.807, 2.05) is 67.8 Å². The van der Waals surface area contributed by atoms with Gasteiger partial charge in [-0.25, -0.2) is 14.8 Å². The summed E-state index contributed by atoms with van der Waals surface area (Å²) in [4.78, 5) is 26.4. The van der Waals surface area contributed by atoms with Gasteiger partial charge in [-0.1, -0.05) is 42.5 Å². The van der Waals surface area contributed by atoms with Crippen LogP contribution in [-0.4, -0.2) is 35.8 Å². The first-order valence-corrected chi connectivity index (χ1v) is 13.2. The predicted molar refractivity (Wildman–Crippen MR) is 158 cm³/mol. The molecule has 1 atom stereocenters. The molecule has 0 amide bonds. The minimum atomic E-state index is -0.559. The molecule has 0 saturated heterocycles. The van der Waals surface area contributed by atoms with Crippen molar-refractivity contribution in [3.63, 3.8) is 0 Å². The van der Waals surface area contributed by atoms with Crippen LogP contribution in [0.15, 0.2) is 97.6 Å². The van der Waals surface area contributed by atoms with Gasteiger partial charge in [0, 0.05) is 17.8 Å². The molecule has 8 nitrogen and oxygen atoms in total. The number of rotatable bonds is 5. The van der Waals surface area contributed by atoms with Crippen molar-refractivity contribution in [2.75, 3.05) is 5.32 Å². The standard InChI is InChI=1S/C32H30N6O2/c1-21(22-8-6-5-7-9-22)35-30-33-16-14-29(36-30)38-20-34-26-19-24(11-13-28(26)38)23-10-12-27-25(18-23)15-17-37(27)31(39)40-32(2,3)4/h5-21H,1-4H3,(H,33,35,36). The minimum Gasteiger partial charge on any atom is -0.443 e. The van der Waals surface area contributed by atoms with Gasteiger partial charge in [0.25, 0.3) is 0 Å². The topological polar surface area (TPSA) is 86.9 Å². The van der Waals surface area contributed by atoms with Gasteiger partial charge in [-0.15, -0.1) is 0 Å². The summed E-state index contributed by atoms with van der Waals surface area (Å²) in [5.41, 5.74) is 5.28. The third-order valence-electron chi connectivity index (χ3n) is 6.69. The number of benzene rings is 3. The van der Waals surface area contributed by atoms with Gasteiger partial charge in [-0.05, 0) is 80.8 Å². The summed E-state index contributed by atoms with van der Waals surface area (Å²) in [6.07, 6.45) is 4.89. The molecule has 0 fully saturated rings. The van der Waals surface area contributed by atoms with Crippen LogP contribution in [0.1, 0.15) is 39.3 Å². The molecule has 0 spiro atoms. The Balaban J connectivity index is 1.26. The predicted octanol–water partition coefficient (Wildman–Crippen LogP) is 7.39. The highest BCUT2D eigenvalue weighted by Gasteiger charge is 2.19. The fraction of sp³-hybridized carbons (Fsp3) is 0.188. The molecule has 0 bridgehead atoms. The molecule has 0 radical (unpaired) electrons. The molecule has 3 heterocycles. The van der Waals surface area contributed by atoms with Gasteiger partial charge in [-0.2, -0.15) is 4.98 Å². The maximum absolute atomic E-state index is 12.6. The van der Waals surface area contributed by atoms with Crippen molar-refractivity contribution in [1.82, 2.24) is 24.1 Å². The van der Waals surface area contributed by atoms with E-state index in [4.69, 9.17) is 9.72 Å². The molecule has 6 rings (SSSR count). The van der Waals surface area contributed by atoms with Crippen molar-refractivity contribution in [1.29, 1.82) is 0 Å². The van der Waals surface area contributed by atoms with Crippen LogP contribution in [0.4, 0.5) is 10.7 Å². The molecule has 0 aliphatic rings. The SMILES string of the molecule is CC(Nc1nccc(-n2cnc3cc(-c4ccc5c(ccn5C(=O)OC(C)(C)C)c4)ccc32)n1)c1ccccc1. The molecule has 40 heavy (non-hydrogen) atoms. The van der Waals surface area contributed by atoms with E-state index in [2.05, 4.69) is 58.6 Å². The number of imidazole rings is 1. The number of hydrogen-bond donors (Lipinski definition) is 1. The van der Waals surface area contributed by atoms with Crippen molar-refractivity contribution < 1.29 is 9.53 Å². The molecule has 200 valence electrons. The van der Waals surface area contributed by atoms with E-state index >= 15 is 0 Å². The molecule has 3 aromatic heterocycles. The number of hydrogen-bond acceptors (Lipinski definition) is 6. The normalized spacial score (nSPS) is 12.5. The average Bonchev–Trinajstić information content (AvgIpc) is 3.56. The first kappa shape index (κ1) is 25.3. The number of nitrogens with one attached hydrogen (secondary N) is 1. The smallest absolute Gasteiger partial charge is 0.418 e. The molecule has 1 unspecified atom stereocenters. The number of anilines is 1. The Kier molecular flexibility index (Phi) is 6.30. The summed E-state index contributed by atoms with van der Waals surface area (Å²) in [5.74, 6) is 1.29. The van der Waals surface area contributed by atoms with Gasteiger partial charge < -0.3 is 10.1 Å². The number of fused-ring (bicyclic) bond motifs is 2. The monoisotopic (exact) mass is 530 g/mol. The van der Waals surface area contributed by atoms with Gasteiger partial charge in [-0.3, -0.25) is 9.13 Å². The van der Waals surface area contributed by atoms with E-state index in [0.29, 0.717) is 5.95 Å². The summed E-state index contributed by atoms with van der Waals surface area (Å²) < 4.78 is 9.04. The number of carbonyl (C=O) groups excluding carboxylic acids is 1. The molecule has 3 aromatic carbocycles. The van der Waals surface area contributed by atoms with Crippen molar-refractivity contribution >= 4 is 34.0 Å². The van der Waals surface area contributed by atoms with E-state index in [1.54, 1.807) is 23.3 Å². The van der Waals surface area contributed by atoms with Gasteiger partial charge in [0.2, 0.25) is 5.95 Å².